The van der Waals surface area contributed by atoms with Crippen molar-refractivity contribution in [3.63, 3.8) is 0 Å². The zero-order valence-electron chi connectivity index (χ0n) is 32.8. The van der Waals surface area contributed by atoms with E-state index in [2.05, 4.69) is 174 Å². The molecular weight excluding hydrogens is 693 g/mol. The van der Waals surface area contributed by atoms with E-state index in [0.717, 1.165) is 42.5 Å². The lowest BCUT2D eigenvalue weighted by Gasteiger charge is -2.32. The number of fused-ring (bicyclic) bond motifs is 7. The number of anilines is 6. The largest absolute Gasteiger partial charge is 0.456 e. The van der Waals surface area contributed by atoms with Crippen LogP contribution in [0.2, 0.25) is 0 Å². The molecule has 3 aliphatic rings. The fraction of sp³-hybridized carbons (Fsp3) is 0.222. The van der Waals surface area contributed by atoms with Crippen molar-refractivity contribution in [3.05, 3.63) is 191 Å². The van der Waals surface area contributed by atoms with Crippen LogP contribution < -0.4 is 9.80 Å². The zero-order valence-corrected chi connectivity index (χ0v) is 32.8. The maximum atomic E-state index is 6.38. The van der Waals surface area contributed by atoms with Gasteiger partial charge in [-0.25, -0.2) is 0 Å². The van der Waals surface area contributed by atoms with Gasteiger partial charge in [0.15, 0.2) is 0 Å². The summed E-state index contributed by atoms with van der Waals surface area (Å²) >= 11 is 0. The molecule has 0 saturated heterocycles. The molecule has 1 heterocycles. The Hall–Kier alpha value is -6.06. The molecule has 1 spiro atoms. The molecule has 0 N–H and O–H groups in total. The third-order valence-electron chi connectivity index (χ3n) is 13.6. The summed E-state index contributed by atoms with van der Waals surface area (Å²) in [6.07, 6.45) is 11.1. The fourth-order valence-corrected chi connectivity index (χ4v) is 10.7. The molecule has 3 heteroatoms. The summed E-state index contributed by atoms with van der Waals surface area (Å²) in [5.74, 6) is 0.671. The van der Waals surface area contributed by atoms with Crippen molar-refractivity contribution in [1.82, 2.24) is 0 Å². The van der Waals surface area contributed by atoms with Crippen LogP contribution in [-0.4, -0.2) is 0 Å². The first-order valence-corrected chi connectivity index (χ1v) is 21.1. The highest BCUT2D eigenvalue weighted by atomic mass is 16.3. The Balaban J connectivity index is 1.04. The van der Waals surface area contributed by atoms with E-state index in [1.807, 2.05) is 0 Å². The van der Waals surface area contributed by atoms with Gasteiger partial charge in [-0.2, -0.15) is 0 Å². The van der Waals surface area contributed by atoms with Crippen molar-refractivity contribution in [3.8, 4) is 0 Å². The van der Waals surface area contributed by atoms with Gasteiger partial charge in [0.05, 0.1) is 0 Å². The van der Waals surface area contributed by atoms with Crippen molar-refractivity contribution >= 4 is 56.1 Å². The van der Waals surface area contributed by atoms with Gasteiger partial charge in [0.25, 0.3) is 0 Å². The molecule has 280 valence electrons. The van der Waals surface area contributed by atoms with Gasteiger partial charge in [-0.3, -0.25) is 0 Å². The molecule has 57 heavy (non-hydrogen) atoms. The molecule has 3 nitrogen and oxygen atoms in total. The van der Waals surface area contributed by atoms with E-state index in [0.29, 0.717) is 5.92 Å². The fourth-order valence-electron chi connectivity index (χ4n) is 10.7. The summed E-state index contributed by atoms with van der Waals surface area (Å²) in [6, 6.07) is 58.9. The van der Waals surface area contributed by atoms with Crippen molar-refractivity contribution in [1.29, 1.82) is 0 Å². The lowest BCUT2D eigenvalue weighted by Crippen LogP contribution is -2.22. The van der Waals surface area contributed by atoms with E-state index in [1.165, 1.54) is 105 Å². The number of furan rings is 1. The Kier molecular flexibility index (Phi) is 8.31. The highest BCUT2D eigenvalue weighted by Crippen LogP contribution is 2.55. The molecule has 1 saturated carbocycles. The molecule has 0 bridgehead atoms. The van der Waals surface area contributed by atoms with Crippen LogP contribution in [0.4, 0.5) is 34.1 Å². The van der Waals surface area contributed by atoms with Gasteiger partial charge in [0.1, 0.15) is 11.2 Å². The summed E-state index contributed by atoms with van der Waals surface area (Å²) in [5, 5.41) is 2.37. The number of hydrogen-bond acceptors (Lipinski definition) is 3. The van der Waals surface area contributed by atoms with Crippen molar-refractivity contribution < 1.29 is 4.42 Å². The molecule has 0 amide bonds. The Morgan fingerprint density at radius 2 is 1.04 bits per heavy atom. The van der Waals surface area contributed by atoms with Gasteiger partial charge >= 0.3 is 0 Å². The lowest BCUT2D eigenvalue weighted by molar-refractivity contribution is 0.443. The van der Waals surface area contributed by atoms with Gasteiger partial charge < -0.3 is 14.2 Å². The number of para-hydroxylation sites is 2. The maximum Gasteiger partial charge on any atom is 0.135 e. The Labute approximate surface area is 336 Å². The highest BCUT2D eigenvalue weighted by molar-refractivity contribution is 6.08. The van der Waals surface area contributed by atoms with Crippen molar-refractivity contribution in [2.45, 2.75) is 76.0 Å². The first kappa shape index (κ1) is 34.2. The van der Waals surface area contributed by atoms with Crippen LogP contribution in [0.1, 0.15) is 84.2 Å². The summed E-state index contributed by atoms with van der Waals surface area (Å²) in [7, 11) is 0. The summed E-state index contributed by atoms with van der Waals surface area (Å²) in [4.78, 5) is 4.90. The number of rotatable bonds is 7. The number of hydrogen-bond donors (Lipinski definition) is 0. The number of aryl methyl sites for hydroxylation is 3. The average Bonchev–Trinajstić information content (AvgIpc) is 3.96. The molecule has 1 fully saturated rings. The minimum Gasteiger partial charge on any atom is -0.456 e. The topological polar surface area (TPSA) is 19.6 Å². The molecule has 8 aromatic rings. The van der Waals surface area contributed by atoms with Crippen LogP contribution in [-0.2, 0) is 18.3 Å². The Morgan fingerprint density at radius 3 is 1.67 bits per heavy atom. The maximum absolute atomic E-state index is 6.38. The van der Waals surface area contributed by atoms with E-state index < -0.39 is 0 Å². The molecule has 1 atom stereocenters. The van der Waals surface area contributed by atoms with Crippen LogP contribution in [0.5, 0.6) is 0 Å². The van der Waals surface area contributed by atoms with Crippen LogP contribution in [0.3, 0.4) is 0 Å². The quantitative estimate of drug-likeness (QED) is 0.162. The monoisotopic (exact) mass is 740 g/mol. The standard InChI is InChI=1S/C54H48N2O/c1-37-12-11-19-52-53(37)48-34-45(28-29-51(48)57-52)56(44-24-20-39(21-25-44)38-13-5-2-6-14-38)47-27-23-41-31-33-54(50(41)36-47)32-30-40-22-26-46(35-49(40)54)55(42-15-7-3-8-16-42)43-17-9-4-10-18-43/h3-4,7-12,15-29,34-36,38H,2,5-6,13-14,30-33H2,1H3/t54-/m1/s1. The summed E-state index contributed by atoms with van der Waals surface area (Å²) in [5.41, 5.74) is 17.7. The first-order chi connectivity index (χ1) is 28.1. The Bertz CT molecular complexity index is 2700. The predicted octanol–water partition coefficient (Wildman–Crippen LogP) is 15.1. The minimum atomic E-state index is -0.0198. The van der Waals surface area contributed by atoms with Gasteiger partial charge in [0, 0.05) is 50.3 Å². The molecular formula is C54H48N2O. The second-order valence-electron chi connectivity index (χ2n) is 16.8. The van der Waals surface area contributed by atoms with Gasteiger partial charge in [-0.15, -0.1) is 0 Å². The summed E-state index contributed by atoms with van der Waals surface area (Å²) in [6.45, 7) is 2.19. The second kappa shape index (κ2) is 13.8. The molecule has 11 rings (SSSR count). The van der Waals surface area contributed by atoms with Crippen molar-refractivity contribution in [2.24, 2.45) is 0 Å². The SMILES string of the molecule is Cc1cccc2oc3ccc(N(c4ccc(C5CCCCC5)cc4)c4ccc5c(c4)[C@]4(CCc6ccc(N(c7ccccc7)c7ccccc7)cc64)CC5)cc3c12. The van der Waals surface area contributed by atoms with Crippen LogP contribution in [0.15, 0.2) is 162 Å². The summed E-state index contributed by atoms with van der Waals surface area (Å²) < 4.78 is 6.38. The van der Waals surface area contributed by atoms with E-state index in [-0.39, 0.29) is 5.41 Å². The van der Waals surface area contributed by atoms with Crippen LogP contribution in [0, 0.1) is 6.92 Å². The first-order valence-electron chi connectivity index (χ1n) is 21.1. The lowest BCUT2D eigenvalue weighted by atomic mass is 9.76. The molecule has 0 radical (unpaired) electrons. The molecule has 0 aliphatic heterocycles. The van der Waals surface area contributed by atoms with Gasteiger partial charge in [-0.1, -0.05) is 92.1 Å². The predicted molar refractivity (Wildman–Crippen MR) is 238 cm³/mol. The van der Waals surface area contributed by atoms with Gasteiger partial charge in [-0.05, 0) is 170 Å². The van der Waals surface area contributed by atoms with Crippen LogP contribution in [0.25, 0.3) is 21.9 Å². The number of nitrogens with zero attached hydrogens (tertiary/aromatic N) is 2. The second-order valence-corrected chi connectivity index (χ2v) is 16.8. The van der Waals surface area contributed by atoms with E-state index in [9.17, 15) is 0 Å². The third kappa shape index (κ3) is 5.78. The number of benzene rings is 7. The molecule has 3 aliphatic carbocycles. The van der Waals surface area contributed by atoms with Gasteiger partial charge in [0.2, 0.25) is 0 Å². The molecule has 7 aromatic carbocycles. The molecule has 1 aromatic heterocycles. The zero-order chi connectivity index (χ0) is 37.9. The normalized spacial score (nSPS) is 17.6. The van der Waals surface area contributed by atoms with Crippen molar-refractivity contribution in [2.75, 3.05) is 9.80 Å². The third-order valence-corrected chi connectivity index (χ3v) is 13.6. The van der Waals surface area contributed by atoms with E-state index in [1.54, 1.807) is 0 Å². The smallest absolute Gasteiger partial charge is 0.135 e. The average molecular weight is 741 g/mol. The molecule has 0 unspecified atom stereocenters. The minimum absolute atomic E-state index is 0.0198. The van der Waals surface area contributed by atoms with E-state index in [4.69, 9.17) is 4.42 Å². The Morgan fingerprint density at radius 1 is 0.491 bits per heavy atom. The van der Waals surface area contributed by atoms with Crippen LogP contribution >= 0.6 is 0 Å². The van der Waals surface area contributed by atoms with E-state index >= 15 is 0 Å². The highest BCUT2D eigenvalue weighted by Gasteiger charge is 2.45.